The van der Waals surface area contributed by atoms with Crippen LogP contribution in [0.15, 0.2) is 0 Å². The Hall–Kier alpha value is 0.0300. The minimum Gasteiger partial charge on any atom is -0.391 e. The normalized spacial score (nSPS) is 26.2. The van der Waals surface area contributed by atoms with Gasteiger partial charge in [-0.2, -0.15) is 0 Å². The average Bonchev–Trinajstić information content (AvgIpc) is 2.62. The van der Waals surface area contributed by atoms with Crippen LogP contribution < -0.4 is 0 Å². The zero-order chi connectivity index (χ0) is 12.0. The molecule has 1 unspecified atom stereocenters. The molecule has 0 amide bonds. The first-order valence-electron chi connectivity index (χ1n) is 5.39. The predicted molar refractivity (Wildman–Crippen MR) is 57.2 cm³/mol. The Morgan fingerprint density at radius 2 is 2.00 bits per heavy atom. The fourth-order valence-electron chi connectivity index (χ4n) is 1.37. The highest BCUT2D eigenvalue weighted by Gasteiger charge is 2.30. The molecule has 1 heterocycles. The Morgan fingerprint density at radius 1 is 1.38 bits per heavy atom. The standard InChI is InChI=1S/C9H19O6P/c1-3-14-16(11,15-4-2)7-13-9-5-8(10)6-12-9/h8-10H,3-7H2,1-2H3/t8-,9?/m0/s1. The molecule has 0 aromatic carbocycles. The predicted octanol–water partition coefficient (Wildman–Crippen LogP) is 1.33. The molecular weight excluding hydrogens is 235 g/mol. The summed E-state index contributed by atoms with van der Waals surface area (Å²) in [6.07, 6.45) is -0.794. The zero-order valence-electron chi connectivity index (χ0n) is 9.63. The molecule has 16 heavy (non-hydrogen) atoms. The third kappa shape index (κ3) is 4.49. The van der Waals surface area contributed by atoms with Crippen LogP contribution in [0.5, 0.6) is 0 Å². The number of hydrogen-bond acceptors (Lipinski definition) is 6. The maximum Gasteiger partial charge on any atom is 0.356 e. The Morgan fingerprint density at radius 3 is 2.44 bits per heavy atom. The van der Waals surface area contributed by atoms with Crippen molar-refractivity contribution < 1.29 is 28.2 Å². The van der Waals surface area contributed by atoms with Gasteiger partial charge < -0.3 is 23.6 Å². The summed E-state index contributed by atoms with van der Waals surface area (Å²) in [6, 6.07) is 0. The number of aliphatic hydroxyl groups is 1. The van der Waals surface area contributed by atoms with E-state index in [0.29, 0.717) is 19.6 Å². The number of hydrogen-bond donors (Lipinski definition) is 1. The van der Waals surface area contributed by atoms with Gasteiger partial charge in [0.2, 0.25) is 0 Å². The molecule has 1 N–H and O–H groups in total. The Kier molecular flexibility index (Phi) is 5.89. The van der Waals surface area contributed by atoms with Crippen LogP contribution in [0.25, 0.3) is 0 Å². The van der Waals surface area contributed by atoms with E-state index in [0.717, 1.165) is 0 Å². The van der Waals surface area contributed by atoms with Gasteiger partial charge in [-0.15, -0.1) is 0 Å². The van der Waals surface area contributed by atoms with Crippen molar-refractivity contribution in [1.82, 2.24) is 0 Å². The summed E-state index contributed by atoms with van der Waals surface area (Å²) in [4.78, 5) is 0. The summed E-state index contributed by atoms with van der Waals surface area (Å²) in [6.45, 7) is 4.32. The summed E-state index contributed by atoms with van der Waals surface area (Å²) in [7, 11) is -3.18. The van der Waals surface area contributed by atoms with Crippen LogP contribution in [0, 0.1) is 0 Å². The second kappa shape index (κ2) is 6.69. The van der Waals surface area contributed by atoms with Crippen LogP contribution in [-0.2, 0) is 23.1 Å². The van der Waals surface area contributed by atoms with Crippen molar-refractivity contribution in [3.8, 4) is 0 Å². The highest BCUT2D eigenvalue weighted by molar-refractivity contribution is 7.53. The molecule has 0 spiro atoms. The van der Waals surface area contributed by atoms with E-state index < -0.39 is 20.0 Å². The number of ether oxygens (including phenoxy) is 2. The molecule has 0 aromatic heterocycles. The lowest BCUT2D eigenvalue weighted by Gasteiger charge is -2.18. The third-order valence-corrected chi connectivity index (χ3v) is 3.78. The van der Waals surface area contributed by atoms with Gasteiger partial charge >= 0.3 is 7.60 Å². The highest BCUT2D eigenvalue weighted by Crippen LogP contribution is 2.48. The Bertz CT molecular complexity index is 236. The van der Waals surface area contributed by atoms with Crippen LogP contribution in [0.1, 0.15) is 20.3 Å². The molecule has 0 bridgehead atoms. The molecule has 7 heteroatoms. The van der Waals surface area contributed by atoms with Gasteiger partial charge in [0.1, 0.15) is 0 Å². The van der Waals surface area contributed by atoms with E-state index in [4.69, 9.17) is 18.5 Å². The Balaban J connectivity index is 2.34. The first kappa shape index (κ1) is 14.1. The van der Waals surface area contributed by atoms with Gasteiger partial charge in [-0.25, -0.2) is 0 Å². The molecule has 1 saturated heterocycles. The summed E-state index contributed by atoms with van der Waals surface area (Å²) < 4.78 is 32.4. The van der Waals surface area contributed by atoms with Crippen LogP contribution in [0.2, 0.25) is 0 Å². The van der Waals surface area contributed by atoms with Gasteiger partial charge in [0.25, 0.3) is 0 Å². The molecule has 2 atom stereocenters. The smallest absolute Gasteiger partial charge is 0.356 e. The fourth-order valence-corrected chi connectivity index (χ4v) is 2.73. The first-order valence-corrected chi connectivity index (χ1v) is 7.12. The van der Waals surface area contributed by atoms with Gasteiger partial charge in [-0.1, -0.05) is 0 Å². The number of rotatable bonds is 7. The van der Waals surface area contributed by atoms with E-state index in [9.17, 15) is 9.67 Å². The van der Waals surface area contributed by atoms with E-state index in [-0.39, 0.29) is 13.0 Å². The van der Waals surface area contributed by atoms with Crippen molar-refractivity contribution in [2.45, 2.75) is 32.7 Å². The van der Waals surface area contributed by atoms with E-state index in [1.165, 1.54) is 0 Å². The summed E-state index contributed by atoms with van der Waals surface area (Å²) >= 11 is 0. The lowest BCUT2D eigenvalue weighted by molar-refractivity contribution is -0.100. The molecule has 0 aromatic rings. The Labute approximate surface area is 95.4 Å². The second-order valence-electron chi connectivity index (χ2n) is 3.39. The largest absolute Gasteiger partial charge is 0.391 e. The summed E-state index contributed by atoms with van der Waals surface area (Å²) in [5.41, 5.74) is 0. The quantitative estimate of drug-likeness (QED) is 0.691. The minimum atomic E-state index is -3.18. The molecule has 1 aliphatic heterocycles. The molecule has 6 nitrogen and oxygen atoms in total. The minimum absolute atomic E-state index is 0.147. The SMILES string of the molecule is CCOP(=O)(COC1C[C@H](O)CO1)OCC. The van der Waals surface area contributed by atoms with Crippen molar-refractivity contribution in [2.24, 2.45) is 0 Å². The van der Waals surface area contributed by atoms with Crippen LogP contribution in [-0.4, -0.2) is 43.7 Å². The fraction of sp³-hybridized carbons (Fsp3) is 1.00. The highest BCUT2D eigenvalue weighted by atomic mass is 31.2. The van der Waals surface area contributed by atoms with E-state index >= 15 is 0 Å². The molecule has 0 saturated carbocycles. The maximum absolute atomic E-state index is 12.0. The van der Waals surface area contributed by atoms with Crippen LogP contribution in [0.4, 0.5) is 0 Å². The van der Waals surface area contributed by atoms with Gasteiger partial charge in [0.05, 0.1) is 25.9 Å². The first-order chi connectivity index (χ1) is 7.59. The lowest BCUT2D eigenvalue weighted by atomic mass is 10.3. The van der Waals surface area contributed by atoms with Gasteiger partial charge in [0, 0.05) is 6.42 Å². The molecule has 96 valence electrons. The topological polar surface area (TPSA) is 74.2 Å². The second-order valence-corrected chi connectivity index (χ2v) is 5.39. The van der Waals surface area contributed by atoms with E-state index in [1.54, 1.807) is 13.8 Å². The van der Waals surface area contributed by atoms with Crippen molar-refractivity contribution in [3.63, 3.8) is 0 Å². The van der Waals surface area contributed by atoms with Crippen molar-refractivity contribution in [1.29, 1.82) is 0 Å². The van der Waals surface area contributed by atoms with Crippen molar-refractivity contribution >= 4 is 7.60 Å². The third-order valence-electron chi connectivity index (χ3n) is 2.01. The van der Waals surface area contributed by atoms with E-state index in [1.807, 2.05) is 0 Å². The number of aliphatic hydroxyl groups excluding tert-OH is 1. The molecule has 1 aliphatic rings. The van der Waals surface area contributed by atoms with Crippen molar-refractivity contribution in [2.75, 3.05) is 26.2 Å². The van der Waals surface area contributed by atoms with Gasteiger partial charge in [-0.3, -0.25) is 4.57 Å². The molecule has 0 radical (unpaired) electrons. The van der Waals surface area contributed by atoms with Crippen LogP contribution in [0.3, 0.4) is 0 Å². The van der Waals surface area contributed by atoms with Crippen molar-refractivity contribution in [3.05, 3.63) is 0 Å². The van der Waals surface area contributed by atoms with Crippen LogP contribution >= 0.6 is 7.60 Å². The average molecular weight is 254 g/mol. The maximum atomic E-state index is 12.0. The van der Waals surface area contributed by atoms with Gasteiger partial charge in [0.15, 0.2) is 12.6 Å². The monoisotopic (exact) mass is 254 g/mol. The molecule has 0 aliphatic carbocycles. The zero-order valence-corrected chi connectivity index (χ0v) is 10.5. The van der Waals surface area contributed by atoms with E-state index in [2.05, 4.69) is 0 Å². The van der Waals surface area contributed by atoms with Gasteiger partial charge in [-0.05, 0) is 13.8 Å². The lowest BCUT2D eigenvalue weighted by Crippen LogP contribution is -2.14. The molecule has 1 fully saturated rings. The summed E-state index contributed by atoms with van der Waals surface area (Å²) in [5.74, 6) is 0. The molecule has 1 rings (SSSR count). The summed E-state index contributed by atoms with van der Waals surface area (Å²) in [5, 5.41) is 9.20. The molecular formula is C9H19O6P.